The molecule has 0 radical (unpaired) electrons. The van der Waals surface area contributed by atoms with Gasteiger partial charge in [-0.25, -0.2) is 9.97 Å². The predicted molar refractivity (Wildman–Crippen MR) is 106 cm³/mol. The van der Waals surface area contributed by atoms with E-state index in [9.17, 15) is 4.79 Å². The molecule has 0 unspecified atom stereocenters. The third kappa shape index (κ3) is 3.26. The number of likely N-dealkylation sites (tertiary alicyclic amines) is 1. The van der Waals surface area contributed by atoms with Crippen molar-refractivity contribution in [1.29, 1.82) is 0 Å². The van der Waals surface area contributed by atoms with Gasteiger partial charge in [-0.2, -0.15) is 4.98 Å². The van der Waals surface area contributed by atoms with Crippen LogP contribution in [0.25, 0.3) is 16.9 Å². The molecule has 0 bridgehead atoms. The fraction of sp³-hybridized carbons (Fsp3) is 0.286. The number of para-hydroxylation sites is 1. The summed E-state index contributed by atoms with van der Waals surface area (Å²) in [6, 6.07) is 11.7. The van der Waals surface area contributed by atoms with E-state index in [-0.39, 0.29) is 11.8 Å². The van der Waals surface area contributed by atoms with E-state index in [0.717, 1.165) is 30.0 Å². The zero-order chi connectivity index (χ0) is 19.8. The minimum absolute atomic E-state index is 0.0172. The minimum Gasteiger partial charge on any atom is -0.340 e. The molecule has 1 fully saturated rings. The van der Waals surface area contributed by atoms with Crippen molar-refractivity contribution < 1.29 is 9.32 Å². The van der Waals surface area contributed by atoms with Crippen molar-refractivity contribution in [2.24, 2.45) is 0 Å². The van der Waals surface area contributed by atoms with Crippen LogP contribution < -0.4 is 0 Å². The number of piperidine rings is 1. The highest BCUT2D eigenvalue weighted by Gasteiger charge is 2.27. The van der Waals surface area contributed by atoms with Gasteiger partial charge in [-0.05, 0) is 31.0 Å². The molecular weight excluding hydrogens is 368 g/mol. The quantitative estimate of drug-likeness (QED) is 0.536. The maximum absolute atomic E-state index is 13.0. The van der Waals surface area contributed by atoms with Crippen molar-refractivity contribution in [3.8, 4) is 5.69 Å². The maximum atomic E-state index is 13.0. The van der Waals surface area contributed by atoms with Gasteiger partial charge < -0.3 is 9.42 Å². The van der Waals surface area contributed by atoms with Crippen LogP contribution in [0.5, 0.6) is 0 Å². The van der Waals surface area contributed by atoms with Gasteiger partial charge in [-0.1, -0.05) is 23.4 Å². The van der Waals surface area contributed by atoms with Crippen molar-refractivity contribution in [2.75, 3.05) is 13.1 Å². The average molecular weight is 388 g/mol. The van der Waals surface area contributed by atoms with Crippen LogP contribution in [0, 0.1) is 6.92 Å². The van der Waals surface area contributed by atoms with E-state index < -0.39 is 0 Å². The van der Waals surface area contributed by atoms with Gasteiger partial charge >= 0.3 is 0 Å². The lowest BCUT2D eigenvalue weighted by Crippen LogP contribution is -2.38. The fourth-order valence-electron chi connectivity index (χ4n) is 3.80. The van der Waals surface area contributed by atoms with E-state index in [1.807, 2.05) is 45.9 Å². The number of pyridine rings is 1. The van der Waals surface area contributed by atoms with Crippen LogP contribution in [0.15, 0.2) is 53.4 Å². The molecule has 29 heavy (non-hydrogen) atoms. The number of carbonyl (C=O) groups excluding carboxylic acids is 1. The Morgan fingerprint density at radius 1 is 1.14 bits per heavy atom. The molecule has 8 nitrogen and oxygen atoms in total. The maximum Gasteiger partial charge on any atom is 0.255 e. The van der Waals surface area contributed by atoms with E-state index in [0.29, 0.717) is 30.1 Å². The molecule has 5 rings (SSSR count). The second-order valence-corrected chi connectivity index (χ2v) is 7.25. The molecule has 3 aromatic heterocycles. The Morgan fingerprint density at radius 3 is 2.66 bits per heavy atom. The van der Waals surface area contributed by atoms with Gasteiger partial charge in [0.25, 0.3) is 5.91 Å². The standard InChI is InChI=1S/C21H20N6O2/c1-14-24-19(25-29-14)15-7-9-26(10-8-15)21(28)16-11-18-20(22-12-16)27(13-23-18)17-5-3-2-4-6-17/h2-6,11-13,15H,7-10H2,1H3. The first-order valence-corrected chi connectivity index (χ1v) is 9.67. The molecule has 1 aliphatic heterocycles. The first kappa shape index (κ1) is 17.5. The Hall–Kier alpha value is -3.55. The first-order valence-electron chi connectivity index (χ1n) is 9.67. The Bertz CT molecular complexity index is 1160. The highest BCUT2D eigenvalue weighted by atomic mass is 16.5. The summed E-state index contributed by atoms with van der Waals surface area (Å²) >= 11 is 0. The van der Waals surface area contributed by atoms with Gasteiger partial charge in [-0.3, -0.25) is 9.36 Å². The predicted octanol–water partition coefficient (Wildman–Crippen LogP) is 3.13. The number of carbonyl (C=O) groups is 1. The number of benzene rings is 1. The fourth-order valence-corrected chi connectivity index (χ4v) is 3.80. The molecule has 0 atom stereocenters. The molecule has 4 heterocycles. The van der Waals surface area contributed by atoms with Crippen molar-refractivity contribution in [2.45, 2.75) is 25.7 Å². The number of nitrogens with zero attached hydrogens (tertiary/aromatic N) is 6. The number of rotatable bonds is 3. The SMILES string of the molecule is Cc1nc(C2CCN(C(=O)c3cnc4c(c3)ncn4-c3ccccc3)CC2)no1. The molecule has 8 heteroatoms. The Labute approximate surface area is 167 Å². The van der Waals surface area contributed by atoms with E-state index in [2.05, 4.69) is 20.1 Å². The topological polar surface area (TPSA) is 89.9 Å². The zero-order valence-corrected chi connectivity index (χ0v) is 16.0. The van der Waals surface area contributed by atoms with Crippen LogP contribution in [-0.2, 0) is 0 Å². The molecular formula is C21H20N6O2. The van der Waals surface area contributed by atoms with Crippen molar-refractivity contribution in [3.05, 3.63) is 66.2 Å². The van der Waals surface area contributed by atoms with Crippen molar-refractivity contribution in [3.63, 3.8) is 0 Å². The molecule has 1 amide bonds. The monoisotopic (exact) mass is 388 g/mol. The summed E-state index contributed by atoms with van der Waals surface area (Å²) in [6.45, 7) is 3.11. The number of imidazole rings is 1. The van der Waals surface area contributed by atoms with Crippen molar-refractivity contribution in [1.82, 2.24) is 29.6 Å². The summed E-state index contributed by atoms with van der Waals surface area (Å²) in [7, 11) is 0. The lowest BCUT2D eigenvalue weighted by molar-refractivity contribution is 0.0710. The van der Waals surface area contributed by atoms with Crippen molar-refractivity contribution >= 4 is 17.1 Å². The van der Waals surface area contributed by atoms with E-state index in [1.54, 1.807) is 19.4 Å². The van der Waals surface area contributed by atoms with Gasteiger partial charge in [-0.15, -0.1) is 0 Å². The molecule has 0 saturated carbocycles. The molecule has 0 aliphatic carbocycles. The second-order valence-electron chi connectivity index (χ2n) is 7.25. The number of aryl methyl sites for hydroxylation is 1. The van der Waals surface area contributed by atoms with E-state index >= 15 is 0 Å². The van der Waals surface area contributed by atoms with Crippen LogP contribution in [-0.4, -0.2) is 48.6 Å². The number of hydrogen-bond donors (Lipinski definition) is 0. The average Bonchev–Trinajstić information content (AvgIpc) is 3.40. The minimum atomic E-state index is -0.0172. The normalized spacial score (nSPS) is 15.1. The zero-order valence-electron chi connectivity index (χ0n) is 16.0. The van der Waals surface area contributed by atoms with Gasteiger partial charge in [0, 0.05) is 37.8 Å². The highest BCUT2D eigenvalue weighted by Crippen LogP contribution is 2.27. The Kier molecular flexibility index (Phi) is 4.31. The van der Waals surface area contributed by atoms with Crippen LogP contribution in [0.4, 0.5) is 0 Å². The first-order chi connectivity index (χ1) is 14.2. The molecule has 0 spiro atoms. The van der Waals surface area contributed by atoms with E-state index in [1.165, 1.54) is 0 Å². The summed E-state index contributed by atoms with van der Waals surface area (Å²) in [4.78, 5) is 28.1. The number of aromatic nitrogens is 5. The smallest absolute Gasteiger partial charge is 0.255 e. The summed E-state index contributed by atoms with van der Waals surface area (Å²) < 4.78 is 7.00. The molecule has 0 N–H and O–H groups in total. The molecule has 146 valence electrons. The lowest BCUT2D eigenvalue weighted by atomic mass is 9.96. The van der Waals surface area contributed by atoms with Crippen LogP contribution in [0.3, 0.4) is 0 Å². The third-order valence-electron chi connectivity index (χ3n) is 5.36. The van der Waals surface area contributed by atoms with Gasteiger partial charge in [0.1, 0.15) is 11.8 Å². The van der Waals surface area contributed by atoms with Crippen LogP contribution >= 0.6 is 0 Å². The van der Waals surface area contributed by atoms with Gasteiger partial charge in [0.2, 0.25) is 5.89 Å². The number of amides is 1. The summed E-state index contributed by atoms with van der Waals surface area (Å²) in [5.74, 6) is 1.53. The van der Waals surface area contributed by atoms with Gasteiger partial charge in [0.15, 0.2) is 11.5 Å². The third-order valence-corrected chi connectivity index (χ3v) is 5.36. The summed E-state index contributed by atoms with van der Waals surface area (Å²) in [5, 5.41) is 4.02. The lowest BCUT2D eigenvalue weighted by Gasteiger charge is -2.30. The van der Waals surface area contributed by atoms with Crippen LogP contribution in [0.2, 0.25) is 0 Å². The van der Waals surface area contributed by atoms with Gasteiger partial charge in [0.05, 0.1) is 5.56 Å². The number of fused-ring (bicyclic) bond motifs is 1. The van der Waals surface area contributed by atoms with E-state index in [4.69, 9.17) is 4.52 Å². The van der Waals surface area contributed by atoms with Crippen LogP contribution in [0.1, 0.15) is 40.8 Å². The number of hydrogen-bond acceptors (Lipinski definition) is 6. The largest absolute Gasteiger partial charge is 0.340 e. The molecule has 4 aromatic rings. The molecule has 1 aliphatic rings. The Morgan fingerprint density at radius 2 is 1.93 bits per heavy atom. The summed E-state index contributed by atoms with van der Waals surface area (Å²) in [6.07, 6.45) is 5.02. The second kappa shape index (κ2) is 7.12. The Balaban J connectivity index is 1.33. The molecule has 1 aromatic carbocycles. The molecule has 1 saturated heterocycles. The highest BCUT2D eigenvalue weighted by molar-refractivity contribution is 5.96. The summed E-state index contributed by atoms with van der Waals surface area (Å²) in [5.41, 5.74) is 2.99.